The summed E-state index contributed by atoms with van der Waals surface area (Å²) in [5, 5.41) is 0.757. The number of para-hydroxylation sites is 1. The lowest BCUT2D eigenvalue weighted by Gasteiger charge is -2.20. The van der Waals surface area contributed by atoms with Gasteiger partial charge < -0.3 is 4.74 Å². The van der Waals surface area contributed by atoms with Crippen LogP contribution in [0.3, 0.4) is 0 Å². The Morgan fingerprint density at radius 2 is 1.67 bits per heavy atom. The number of hydrogen-bond acceptors (Lipinski definition) is 1. The van der Waals surface area contributed by atoms with E-state index in [4.69, 9.17) is 22.8 Å². The molecule has 30 heavy (non-hydrogen) atoms. The van der Waals surface area contributed by atoms with E-state index in [9.17, 15) is 4.39 Å². The van der Waals surface area contributed by atoms with Crippen LogP contribution in [0.4, 0.5) is 4.39 Å². The SMILES string of the molecule is C#CC(CCC(c1ccc(Cl)cc1)C1CC1)c1ccc(F)c(Oc2ccccc2)c1. The maximum absolute atomic E-state index is 14.3. The van der Waals surface area contributed by atoms with E-state index in [2.05, 4.69) is 18.1 Å². The van der Waals surface area contributed by atoms with Gasteiger partial charge in [0.2, 0.25) is 0 Å². The molecular formula is C27H24ClFO. The van der Waals surface area contributed by atoms with Crippen molar-refractivity contribution in [1.82, 2.24) is 0 Å². The van der Waals surface area contributed by atoms with E-state index in [1.165, 1.54) is 24.5 Å². The number of ether oxygens (including phenoxy) is 1. The summed E-state index contributed by atoms with van der Waals surface area (Å²) in [5.74, 6) is 4.43. The van der Waals surface area contributed by atoms with Gasteiger partial charge in [0, 0.05) is 10.9 Å². The van der Waals surface area contributed by atoms with Gasteiger partial charge >= 0.3 is 0 Å². The molecule has 1 fully saturated rings. The third-order valence-electron chi connectivity index (χ3n) is 5.79. The summed E-state index contributed by atoms with van der Waals surface area (Å²) in [5.41, 5.74) is 2.24. The summed E-state index contributed by atoms with van der Waals surface area (Å²) in [6.45, 7) is 0. The highest BCUT2D eigenvalue weighted by Gasteiger charge is 2.32. The van der Waals surface area contributed by atoms with Crippen LogP contribution in [0.2, 0.25) is 5.02 Å². The standard InChI is InChI=1S/C27H24ClFO/c1-2-19(12-16-25(20-8-9-20)21-10-14-23(28)15-11-21)22-13-17-26(29)27(18-22)30-24-6-4-3-5-7-24/h1,3-7,10-11,13-15,17-20,25H,8-9,12,16H2. The smallest absolute Gasteiger partial charge is 0.165 e. The second-order valence-corrected chi connectivity index (χ2v) is 8.33. The number of terminal acetylenes is 1. The number of hydrogen-bond donors (Lipinski definition) is 0. The molecule has 2 unspecified atom stereocenters. The predicted molar refractivity (Wildman–Crippen MR) is 121 cm³/mol. The highest BCUT2D eigenvalue weighted by Crippen LogP contribution is 2.46. The molecule has 3 aromatic rings. The first kappa shape index (κ1) is 20.5. The minimum Gasteiger partial charge on any atom is -0.454 e. The zero-order chi connectivity index (χ0) is 20.9. The second-order valence-electron chi connectivity index (χ2n) is 7.90. The lowest BCUT2D eigenvalue weighted by molar-refractivity contribution is 0.440. The van der Waals surface area contributed by atoms with Crippen molar-refractivity contribution in [2.75, 3.05) is 0 Å². The molecule has 0 radical (unpaired) electrons. The third-order valence-corrected chi connectivity index (χ3v) is 6.04. The summed E-state index contributed by atoms with van der Waals surface area (Å²) in [6.07, 6.45) is 10.2. The Morgan fingerprint density at radius 1 is 0.967 bits per heavy atom. The van der Waals surface area contributed by atoms with E-state index in [0.29, 0.717) is 11.7 Å². The summed E-state index contributed by atoms with van der Waals surface area (Å²) < 4.78 is 20.1. The normalized spacial score (nSPS) is 15.2. The first-order chi connectivity index (χ1) is 14.6. The molecule has 0 N–H and O–H groups in total. The topological polar surface area (TPSA) is 9.23 Å². The molecule has 0 aliphatic heterocycles. The van der Waals surface area contributed by atoms with Crippen LogP contribution in [0.1, 0.15) is 48.6 Å². The fourth-order valence-electron chi connectivity index (χ4n) is 4.01. The average Bonchev–Trinajstić information content (AvgIpc) is 3.60. The lowest BCUT2D eigenvalue weighted by atomic mass is 9.85. The monoisotopic (exact) mass is 418 g/mol. The zero-order valence-corrected chi connectivity index (χ0v) is 17.5. The molecule has 0 spiro atoms. The summed E-state index contributed by atoms with van der Waals surface area (Å²) in [6, 6.07) is 22.3. The number of halogens is 2. The molecule has 0 heterocycles. The molecule has 3 aromatic carbocycles. The van der Waals surface area contributed by atoms with E-state index in [0.717, 1.165) is 29.3 Å². The van der Waals surface area contributed by atoms with Crippen LogP contribution in [0, 0.1) is 24.1 Å². The van der Waals surface area contributed by atoms with Crippen molar-refractivity contribution in [3.05, 3.63) is 94.8 Å². The number of rotatable bonds is 8. The van der Waals surface area contributed by atoms with Gasteiger partial charge in [-0.05, 0) is 85.0 Å². The van der Waals surface area contributed by atoms with Crippen molar-refractivity contribution < 1.29 is 9.13 Å². The summed E-state index contributed by atoms with van der Waals surface area (Å²) >= 11 is 6.06. The van der Waals surface area contributed by atoms with Gasteiger partial charge in [-0.3, -0.25) is 0 Å². The van der Waals surface area contributed by atoms with Gasteiger partial charge in [0.1, 0.15) is 5.75 Å². The fraction of sp³-hybridized carbons (Fsp3) is 0.259. The molecule has 3 heteroatoms. The third kappa shape index (κ3) is 5.04. The van der Waals surface area contributed by atoms with Crippen molar-refractivity contribution >= 4 is 11.6 Å². The molecule has 1 aliphatic carbocycles. The molecule has 0 bridgehead atoms. The van der Waals surface area contributed by atoms with Crippen molar-refractivity contribution in [1.29, 1.82) is 0 Å². The van der Waals surface area contributed by atoms with Crippen molar-refractivity contribution in [3.8, 4) is 23.8 Å². The van der Waals surface area contributed by atoms with E-state index in [-0.39, 0.29) is 11.7 Å². The van der Waals surface area contributed by atoms with Crippen molar-refractivity contribution in [3.63, 3.8) is 0 Å². The second kappa shape index (κ2) is 9.37. The van der Waals surface area contributed by atoms with Crippen LogP contribution >= 0.6 is 11.6 Å². The minimum atomic E-state index is -0.393. The van der Waals surface area contributed by atoms with Gasteiger partial charge in [0.25, 0.3) is 0 Å². The van der Waals surface area contributed by atoms with Crippen LogP contribution in [0.5, 0.6) is 11.5 Å². The molecule has 0 aromatic heterocycles. The van der Waals surface area contributed by atoms with Crippen LogP contribution in [-0.2, 0) is 0 Å². The van der Waals surface area contributed by atoms with Crippen LogP contribution in [-0.4, -0.2) is 0 Å². The van der Waals surface area contributed by atoms with Crippen LogP contribution < -0.4 is 4.74 Å². The zero-order valence-electron chi connectivity index (χ0n) is 16.7. The van der Waals surface area contributed by atoms with Crippen LogP contribution in [0.15, 0.2) is 72.8 Å². The molecule has 1 saturated carbocycles. The van der Waals surface area contributed by atoms with E-state index < -0.39 is 5.82 Å². The maximum Gasteiger partial charge on any atom is 0.165 e. The largest absolute Gasteiger partial charge is 0.454 e. The Morgan fingerprint density at radius 3 is 2.33 bits per heavy atom. The Bertz CT molecular complexity index is 1020. The quantitative estimate of drug-likeness (QED) is 0.337. The molecule has 1 nitrogen and oxygen atoms in total. The molecule has 0 saturated heterocycles. The molecule has 152 valence electrons. The predicted octanol–water partition coefficient (Wildman–Crippen LogP) is 7.96. The van der Waals surface area contributed by atoms with Gasteiger partial charge in [0.15, 0.2) is 11.6 Å². The summed E-state index contributed by atoms with van der Waals surface area (Å²) in [4.78, 5) is 0. The fourth-order valence-corrected chi connectivity index (χ4v) is 4.13. The Kier molecular flexibility index (Phi) is 6.41. The molecular weight excluding hydrogens is 395 g/mol. The highest BCUT2D eigenvalue weighted by molar-refractivity contribution is 6.30. The Hall–Kier alpha value is -2.76. The Balaban J connectivity index is 1.49. The first-order valence-corrected chi connectivity index (χ1v) is 10.8. The minimum absolute atomic E-state index is 0.0859. The maximum atomic E-state index is 14.3. The van der Waals surface area contributed by atoms with Crippen molar-refractivity contribution in [2.45, 2.75) is 37.5 Å². The van der Waals surface area contributed by atoms with E-state index in [1.54, 1.807) is 24.3 Å². The summed E-state index contributed by atoms with van der Waals surface area (Å²) in [7, 11) is 0. The highest BCUT2D eigenvalue weighted by atomic mass is 35.5. The van der Waals surface area contributed by atoms with Gasteiger partial charge in [0.05, 0.1) is 0 Å². The van der Waals surface area contributed by atoms with Gasteiger partial charge in [-0.2, -0.15) is 0 Å². The molecule has 1 aliphatic rings. The van der Waals surface area contributed by atoms with Gasteiger partial charge in [-0.1, -0.05) is 53.9 Å². The molecule has 4 rings (SSSR count). The van der Waals surface area contributed by atoms with Gasteiger partial charge in [-0.25, -0.2) is 4.39 Å². The first-order valence-electron chi connectivity index (χ1n) is 10.4. The van der Waals surface area contributed by atoms with E-state index in [1.807, 2.05) is 30.3 Å². The van der Waals surface area contributed by atoms with E-state index >= 15 is 0 Å². The number of benzene rings is 3. The molecule has 2 atom stereocenters. The Labute approximate surface area is 182 Å². The lowest BCUT2D eigenvalue weighted by Crippen LogP contribution is -2.05. The average molecular weight is 419 g/mol. The molecule has 0 amide bonds. The van der Waals surface area contributed by atoms with Gasteiger partial charge in [-0.15, -0.1) is 6.42 Å². The van der Waals surface area contributed by atoms with Crippen molar-refractivity contribution in [2.24, 2.45) is 5.92 Å². The van der Waals surface area contributed by atoms with Crippen LogP contribution in [0.25, 0.3) is 0 Å².